The van der Waals surface area contributed by atoms with Gasteiger partial charge in [-0.25, -0.2) is 8.42 Å². The van der Waals surface area contributed by atoms with Gasteiger partial charge in [-0.2, -0.15) is 0 Å². The van der Waals surface area contributed by atoms with Gasteiger partial charge < -0.3 is 4.90 Å². The zero-order valence-corrected chi connectivity index (χ0v) is 20.0. The molecular formula is C22H25Cl2NO3S2. The van der Waals surface area contributed by atoms with E-state index in [0.717, 1.165) is 23.3 Å². The van der Waals surface area contributed by atoms with Crippen molar-refractivity contribution >= 4 is 50.7 Å². The van der Waals surface area contributed by atoms with Crippen molar-refractivity contribution in [3.8, 4) is 0 Å². The first kappa shape index (κ1) is 23.5. The maximum absolute atomic E-state index is 13.3. The van der Waals surface area contributed by atoms with Crippen LogP contribution < -0.4 is 0 Å². The van der Waals surface area contributed by atoms with Gasteiger partial charge in [0.15, 0.2) is 9.84 Å². The number of benzene rings is 2. The number of hydrogen-bond donors (Lipinski definition) is 0. The molecule has 1 saturated heterocycles. The Morgan fingerprint density at radius 3 is 2.70 bits per heavy atom. The standard InChI is InChI=1S/C22H25Cl2NO3S2/c1-2-3-10-25(19-9-11-30(27,28)15-19)22(26)17-6-4-5-16(12-17)14-29-21-13-18(23)7-8-20(21)24/h4-8,12-13,19H,2-3,9-11,14-15H2,1H3. The number of amides is 1. The molecule has 1 fully saturated rings. The Kier molecular flexibility index (Phi) is 8.13. The minimum absolute atomic E-state index is 0.0608. The highest BCUT2D eigenvalue weighted by Gasteiger charge is 2.34. The minimum Gasteiger partial charge on any atom is -0.335 e. The third-order valence-corrected chi connectivity index (χ3v) is 8.68. The molecule has 0 bridgehead atoms. The fourth-order valence-electron chi connectivity index (χ4n) is 3.51. The van der Waals surface area contributed by atoms with Crippen LogP contribution in [0.2, 0.25) is 10.0 Å². The third kappa shape index (κ3) is 6.16. The van der Waals surface area contributed by atoms with Crippen molar-refractivity contribution in [1.82, 2.24) is 4.90 Å². The van der Waals surface area contributed by atoms with Crippen molar-refractivity contribution in [2.45, 2.75) is 42.9 Å². The normalized spacial score (nSPS) is 17.8. The lowest BCUT2D eigenvalue weighted by Crippen LogP contribution is -2.41. The maximum Gasteiger partial charge on any atom is 0.254 e. The fourth-order valence-corrected chi connectivity index (χ4v) is 6.68. The van der Waals surface area contributed by atoms with E-state index < -0.39 is 9.84 Å². The summed E-state index contributed by atoms with van der Waals surface area (Å²) in [5.41, 5.74) is 1.59. The van der Waals surface area contributed by atoms with Crippen LogP contribution in [-0.2, 0) is 15.6 Å². The average molecular weight is 486 g/mol. The molecule has 1 heterocycles. The largest absolute Gasteiger partial charge is 0.335 e. The van der Waals surface area contributed by atoms with E-state index in [-0.39, 0.29) is 23.5 Å². The second-order valence-corrected chi connectivity index (χ2v) is 11.6. The number of nitrogens with zero attached hydrogens (tertiary/aromatic N) is 1. The molecule has 30 heavy (non-hydrogen) atoms. The Morgan fingerprint density at radius 2 is 2.00 bits per heavy atom. The van der Waals surface area contributed by atoms with E-state index in [9.17, 15) is 13.2 Å². The highest BCUT2D eigenvalue weighted by atomic mass is 35.5. The van der Waals surface area contributed by atoms with E-state index in [2.05, 4.69) is 6.92 Å². The summed E-state index contributed by atoms with van der Waals surface area (Å²) in [7, 11) is -3.06. The monoisotopic (exact) mass is 485 g/mol. The van der Waals surface area contributed by atoms with Crippen molar-refractivity contribution < 1.29 is 13.2 Å². The molecule has 0 aromatic heterocycles. The molecule has 4 nitrogen and oxygen atoms in total. The molecule has 0 spiro atoms. The van der Waals surface area contributed by atoms with E-state index in [1.807, 2.05) is 24.3 Å². The van der Waals surface area contributed by atoms with Gasteiger partial charge in [0.2, 0.25) is 0 Å². The zero-order valence-electron chi connectivity index (χ0n) is 16.8. The smallest absolute Gasteiger partial charge is 0.254 e. The van der Waals surface area contributed by atoms with Gasteiger partial charge in [-0.15, -0.1) is 11.8 Å². The molecule has 8 heteroatoms. The predicted molar refractivity (Wildman–Crippen MR) is 125 cm³/mol. The second-order valence-electron chi connectivity index (χ2n) is 7.47. The number of carbonyl (C=O) groups is 1. The summed E-state index contributed by atoms with van der Waals surface area (Å²) in [5, 5.41) is 1.27. The first-order chi connectivity index (χ1) is 14.3. The van der Waals surface area contributed by atoms with Crippen molar-refractivity contribution in [2.24, 2.45) is 0 Å². The summed E-state index contributed by atoms with van der Waals surface area (Å²) >= 11 is 13.9. The average Bonchev–Trinajstić information content (AvgIpc) is 3.08. The van der Waals surface area contributed by atoms with Crippen LogP contribution in [0.15, 0.2) is 47.4 Å². The van der Waals surface area contributed by atoms with Crippen molar-refractivity contribution in [2.75, 3.05) is 18.1 Å². The number of thioether (sulfide) groups is 1. The topological polar surface area (TPSA) is 54.5 Å². The van der Waals surface area contributed by atoms with Crippen LogP contribution in [-0.4, -0.2) is 43.3 Å². The Labute approximate surface area is 192 Å². The van der Waals surface area contributed by atoms with Crippen molar-refractivity contribution in [1.29, 1.82) is 0 Å². The summed E-state index contributed by atoms with van der Waals surface area (Å²) in [4.78, 5) is 15.9. The highest BCUT2D eigenvalue weighted by Crippen LogP contribution is 2.32. The molecule has 1 aliphatic rings. The molecular weight excluding hydrogens is 461 g/mol. The molecule has 0 aliphatic carbocycles. The summed E-state index contributed by atoms with van der Waals surface area (Å²) < 4.78 is 23.9. The van der Waals surface area contributed by atoms with Crippen LogP contribution in [0.3, 0.4) is 0 Å². The number of rotatable bonds is 8. The Morgan fingerprint density at radius 1 is 1.20 bits per heavy atom. The second kappa shape index (κ2) is 10.4. The van der Waals surface area contributed by atoms with Crippen molar-refractivity contribution in [3.05, 3.63) is 63.6 Å². The molecule has 0 N–H and O–H groups in total. The van der Waals surface area contributed by atoms with Crippen LogP contribution in [0.25, 0.3) is 0 Å². The lowest BCUT2D eigenvalue weighted by Gasteiger charge is -2.28. The molecule has 2 aromatic carbocycles. The Bertz CT molecular complexity index is 1010. The SMILES string of the molecule is CCCCN(C(=O)c1cccc(CSc2cc(Cl)ccc2Cl)c1)C1CCS(=O)(=O)C1. The summed E-state index contributed by atoms with van der Waals surface area (Å²) in [6.45, 7) is 2.64. The van der Waals surface area contributed by atoms with Crippen LogP contribution >= 0.6 is 35.0 Å². The summed E-state index contributed by atoms with van der Waals surface area (Å²) in [6.07, 6.45) is 2.31. The number of hydrogen-bond acceptors (Lipinski definition) is 4. The highest BCUT2D eigenvalue weighted by molar-refractivity contribution is 7.98. The molecule has 162 valence electrons. The van der Waals surface area contributed by atoms with E-state index in [1.54, 1.807) is 34.9 Å². The number of halogens is 2. The van der Waals surface area contributed by atoms with Gasteiger partial charge >= 0.3 is 0 Å². The van der Waals surface area contributed by atoms with Gasteiger partial charge in [-0.1, -0.05) is 48.7 Å². The summed E-state index contributed by atoms with van der Waals surface area (Å²) in [6, 6.07) is 12.6. The molecule has 1 atom stereocenters. The van der Waals surface area contributed by atoms with Gasteiger partial charge in [0.05, 0.1) is 16.5 Å². The van der Waals surface area contributed by atoms with Crippen LogP contribution in [0.5, 0.6) is 0 Å². The van der Waals surface area contributed by atoms with E-state index in [4.69, 9.17) is 23.2 Å². The number of carbonyl (C=O) groups excluding carboxylic acids is 1. The zero-order chi connectivity index (χ0) is 21.7. The molecule has 0 radical (unpaired) electrons. The first-order valence-corrected chi connectivity index (χ1v) is 13.5. The lowest BCUT2D eigenvalue weighted by atomic mass is 10.1. The van der Waals surface area contributed by atoms with E-state index in [0.29, 0.717) is 34.3 Å². The van der Waals surface area contributed by atoms with Gasteiger partial charge in [0.25, 0.3) is 5.91 Å². The van der Waals surface area contributed by atoms with E-state index >= 15 is 0 Å². The molecule has 2 aromatic rings. The predicted octanol–water partition coefficient (Wildman–Crippen LogP) is 5.72. The third-order valence-electron chi connectivity index (χ3n) is 5.12. The lowest BCUT2D eigenvalue weighted by molar-refractivity contribution is 0.0694. The number of sulfone groups is 1. The van der Waals surface area contributed by atoms with Gasteiger partial charge in [0, 0.05) is 33.8 Å². The van der Waals surface area contributed by atoms with Gasteiger partial charge in [0.1, 0.15) is 0 Å². The van der Waals surface area contributed by atoms with Gasteiger partial charge in [-0.3, -0.25) is 4.79 Å². The molecule has 1 unspecified atom stereocenters. The van der Waals surface area contributed by atoms with Crippen molar-refractivity contribution in [3.63, 3.8) is 0 Å². The maximum atomic E-state index is 13.3. The summed E-state index contributed by atoms with van der Waals surface area (Å²) in [5.74, 6) is 0.766. The molecule has 1 aliphatic heterocycles. The van der Waals surface area contributed by atoms with E-state index in [1.165, 1.54) is 0 Å². The quantitative estimate of drug-likeness (QED) is 0.448. The van der Waals surface area contributed by atoms with Crippen LogP contribution in [0.1, 0.15) is 42.1 Å². The number of unbranched alkanes of at least 4 members (excludes halogenated alkanes) is 1. The van der Waals surface area contributed by atoms with Crippen LogP contribution in [0, 0.1) is 0 Å². The molecule has 1 amide bonds. The van der Waals surface area contributed by atoms with Crippen LogP contribution in [0.4, 0.5) is 0 Å². The first-order valence-electron chi connectivity index (χ1n) is 9.97. The fraction of sp³-hybridized carbons (Fsp3) is 0.409. The van der Waals surface area contributed by atoms with Gasteiger partial charge in [-0.05, 0) is 48.7 Å². The Balaban J connectivity index is 1.75. The minimum atomic E-state index is -3.06. The molecule has 0 saturated carbocycles. The molecule has 3 rings (SSSR count). The Hall–Kier alpha value is -1.21.